The Balaban J connectivity index is 2.83. The first-order valence-electron chi connectivity index (χ1n) is 3.51. The molecule has 0 amide bonds. The van der Waals surface area contributed by atoms with Crippen molar-refractivity contribution >= 4 is 0 Å². The first-order chi connectivity index (χ1) is 5.38. The van der Waals surface area contributed by atoms with Crippen molar-refractivity contribution in [2.75, 3.05) is 6.86 Å². The van der Waals surface area contributed by atoms with Gasteiger partial charge in [0, 0.05) is 6.20 Å². The van der Waals surface area contributed by atoms with Gasteiger partial charge in [0.25, 0.3) is 0 Å². The summed E-state index contributed by atoms with van der Waals surface area (Å²) < 4.78 is 16.4. The third-order valence-corrected chi connectivity index (χ3v) is 1.39. The second-order valence-electron chi connectivity index (χ2n) is 2.06. The average molecular weight is 155 g/mol. The van der Waals surface area contributed by atoms with Gasteiger partial charge < -0.3 is 4.74 Å². The first kappa shape index (κ1) is 7.98. The van der Waals surface area contributed by atoms with Crippen molar-refractivity contribution in [3.05, 3.63) is 24.0 Å². The van der Waals surface area contributed by atoms with Gasteiger partial charge >= 0.3 is 0 Å². The van der Waals surface area contributed by atoms with Gasteiger partial charge in [-0.2, -0.15) is 0 Å². The number of hydrogen-bond acceptors (Lipinski definition) is 2. The van der Waals surface area contributed by atoms with E-state index < -0.39 is 6.86 Å². The van der Waals surface area contributed by atoms with Crippen LogP contribution in [0.4, 0.5) is 4.39 Å². The van der Waals surface area contributed by atoms with Crippen LogP contribution in [-0.2, 0) is 6.42 Å². The van der Waals surface area contributed by atoms with Crippen LogP contribution in [0, 0.1) is 0 Å². The molecule has 60 valence electrons. The van der Waals surface area contributed by atoms with Crippen LogP contribution in [0.3, 0.4) is 0 Å². The highest BCUT2D eigenvalue weighted by molar-refractivity contribution is 5.26. The number of rotatable bonds is 3. The summed E-state index contributed by atoms with van der Waals surface area (Å²) in [5, 5.41) is 0. The Kier molecular flexibility index (Phi) is 2.83. The molecule has 0 saturated heterocycles. The Labute approximate surface area is 65.0 Å². The molecular weight excluding hydrogens is 145 g/mol. The van der Waals surface area contributed by atoms with Crippen LogP contribution in [0.15, 0.2) is 18.3 Å². The molecule has 0 N–H and O–H groups in total. The maximum absolute atomic E-state index is 11.7. The molecule has 0 unspecified atom stereocenters. The molecule has 0 fully saturated rings. The predicted molar refractivity (Wildman–Crippen MR) is 40.2 cm³/mol. The molecule has 0 atom stereocenters. The second kappa shape index (κ2) is 3.91. The standard InChI is InChI=1S/C8H10FNO/c1-2-7-8(11-6-9)4-3-5-10-7/h3-5H,2,6H2,1H3. The zero-order valence-electron chi connectivity index (χ0n) is 6.38. The van der Waals surface area contributed by atoms with Gasteiger partial charge in [-0.3, -0.25) is 4.98 Å². The van der Waals surface area contributed by atoms with Gasteiger partial charge in [-0.05, 0) is 18.6 Å². The van der Waals surface area contributed by atoms with Crippen molar-refractivity contribution in [1.29, 1.82) is 0 Å². The van der Waals surface area contributed by atoms with Gasteiger partial charge in [-0.25, -0.2) is 4.39 Å². The van der Waals surface area contributed by atoms with Gasteiger partial charge in [0.1, 0.15) is 5.75 Å². The number of aryl methyl sites for hydroxylation is 1. The normalized spacial score (nSPS) is 9.64. The van der Waals surface area contributed by atoms with E-state index in [1.165, 1.54) is 0 Å². The second-order valence-corrected chi connectivity index (χ2v) is 2.06. The largest absolute Gasteiger partial charge is 0.461 e. The first-order valence-corrected chi connectivity index (χ1v) is 3.51. The zero-order chi connectivity index (χ0) is 8.10. The molecule has 0 saturated carbocycles. The number of alkyl halides is 1. The summed E-state index contributed by atoms with van der Waals surface area (Å²) in [4.78, 5) is 4.02. The van der Waals surface area contributed by atoms with Gasteiger partial charge in [0.2, 0.25) is 6.86 Å². The Morgan fingerprint density at radius 2 is 2.45 bits per heavy atom. The van der Waals surface area contributed by atoms with Crippen LogP contribution in [0.2, 0.25) is 0 Å². The monoisotopic (exact) mass is 155 g/mol. The Hall–Kier alpha value is -1.12. The minimum absolute atomic E-state index is 0.539. The number of pyridine rings is 1. The van der Waals surface area contributed by atoms with Crippen LogP contribution in [0.25, 0.3) is 0 Å². The molecule has 1 rings (SSSR count). The summed E-state index contributed by atoms with van der Waals surface area (Å²) in [5.74, 6) is 0.539. The molecule has 0 spiro atoms. The van der Waals surface area contributed by atoms with E-state index in [4.69, 9.17) is 4.74 Å². The van der Waals surface area contributed by atoms with Gasteiger partial charge in [0.15, 0.2) is 0 Å². The summed E-state index contributed by atoms with van der Waals surface area (Å²) in [6, 6.07) is 3.44. The summed E-state index contributed by atoms with van der Waals surface area (Å²) in [7, 11) is 0. The highest BCUT2D eigenvalue weighted by Crippen LogP contribution is 2.15. The lowest BCUT2D eigenvalue weighted by Gasteiger charge is -2.04. The zero-order valence-corrected chi connectivity index (χ0v) is 6.38. The smallest absolute Gasteiger partial charge is 0.228 e. The van der Waals surface area contributed by atoms with Crippen LogP contribution in [0.1, 0.15) is 12.6 Å². The number of halogens is 1. The summed E-state index contributed by atoms with van der Waals surface area (Å²) in [6.07, 6.45) is 2.43. The van der Waals surface area contributed by atoms with Crippen molar-refractivity contribution in [2.45, 2.75) is 13.3 Å². The molecule has 1 heterocycles. The minimum Gasteiger partial charge on any atom is -0.461 e. The van der Waals surface area contributed by atoms with E-state index in [2.05, 4.69) is 4.98 Å². The topological polar surface area (TPSA) is 22.1 Å². The fraction of sp³-hybridized carbons (Fsp3) is 0.375. The Morgan fingerprint density at radius 1 is 1.64 bits per heavy atom. The number of hydrogen-bond donors (Lipinski definition) is 0. The fourth-order valence-corrected chi connectivity index (χ4v) is 0.879. The summed E-state index contributed by atoms with van der Waals surface area (Å²) in [6.45, 7) is 1.16. The highest BCUT2D eigenvalue weighted by Gasteiger charge is 1.99. The highest BCUT2D eigenvalue weighted by atomic mass is 19.1. The Bertz CT molecular complexity index is 227. The molecule has 1 aromatic heterocycles. The molecule has 1 aromatic rings. The van der Waals surface area contributed by atoms with E-state index in [-0.39, 0.29) is 0 Å². The van der Waals surface area contributed by atoms with Crippen LogP contribution in [0.5, 0.6) is 5.75 Å². The third-order valence-electron chi connectivity index (χ3n) is 1.39. The quantitative estimate of drug-likeness (QED) is 0.665. The molecule has 11 heavy (non-hydrogen) atoms. The maximum Gasteiger partial charge on any atom is 0.228 e. The number of nitrogens with zero attached hydrogens (tertiary/aromatic N) is 1. The van der Waals surface area contributed by atoms with Crippen molar-refractivity contribution < 1.29 is 9.13 Å². The number of ether oxygens (including phenoxy) is 1. The van der Waals surface area contributed by atoms with Crippen LogP contribution in [-0.4, -0.2) is 11.8 Å². The molecule has 0 radical (unpaired) electrons. The summed E-state index contributed by atoms with van der Waals surface area (Å²) >= 11 is 0. The van der Waals surface area contributed by atoms with E-state index in [1.54, 1.807) is 18.3 Å². The average Bonchev–Trinajstić information content (AvgIpc) is 2.06. The van der Waals surface area contributed by atoms with E-state index in [0.717, 1.165) is 12.1 Å². The van der Waals surface area contributed by atoms with Gasteiger partial charge in [-0.15, -0.1) is 0 Å². The SMILES string of the molecule is CCc1ncccc1OCF. The fourth-order valence-electron chi connectivity index (χ4n) is 0.879. The molecule has 0 aliphatic carbocycles. The maximum atomic E-state index is 11.7. The van der Waals surface area contributed by atoms with Gasteiger partial charge in [-0.1, -0.05) is 6.92 Å². The summed E-state index contributed by atoms with van der Waals surface area (Å²) in [5.41, 5.74) is 0.796. The molecule has 2 nitrogen and oxygen atoms in total. The molecule has 0 aliphatic heterocycles. The molecule has 0 aromatic carbocycles. The lowest BCUT2D eigenvalue weighted by molar-refractivity contribution is 0.189. The van der Waals surface area contributed by atoms with E-state index >= 15 is 0 Å². The predicted octanol–water partition coefficient (Wildman–Crippen LogP) is 1.95. The van der Waals surface area contributed by atoms with Crippen LogP contribution < -0.4 is 4.74 Å². The van der Waals surface area contributed by atoms with Crippen LogP contribution >= 0.6 is 0 Å². The molecule has 3 heteroatoms. The van der Waals surface area contributed by atoms with Crippen molar-refractivity contribution in [3.63, 3.8) is 0 Å². The molecule has 0 bridgehead atoms. The van der Waals surface area contributed by atoms with Crippen molar-refractivity contribution in [3.8, 4) is 5.75 Å². The van der Waals surface area contributed by atoms with E-state index in [1.807, 2.05) is 6.92 Å². The third kappa shape index (κ3) is 1.90. The van der Waals surface area contributed by atoms with E-state index in [9.17, 15) is 4.39 Å². The molecule has 0 aliphatic rings. The molecular formula is C8H10FNO. The van der Waals surface area contributed by atoms with E-state index in [0.29, 0.717) is 5.75 Å². The lowest BCUT2D eigenvalue weighted by atomic mass is 10.3. The van der Waals surface area contributed by atoms with Gasteiger partial charge in [0.05, 0.1) is 5.69 Å². The Morgan fingerprint density at radius 3 is 3.09 bits per heavy atom. The number of aromatic nitrogens is 1. The van der Waals surface area contributed by atoms with Crippen molar-refractivity contribution in [2.24, 2.45) is 0 Å². The lowest BCUT2D eigenvalue weighted by Crippen LogP contribution is -1.96. The minimum atomic E-state index is -0.793. The van der Waals surface area contributed by atoms with Crippen molar-refractivity contribution in [1.82, 2.24) is 4.98 Å².